The third-order valence-electron chi connectivity index (χ3n) is 5.92. The van der Waals surface area contributed by atoms with Crippen LogP contribution in [0.1, 0.15) is 34.1 Å². The van der Waals surface area contributed by atoms with Crippen molar-refractivity contribution in [3.05, 3.63) is 82.8 Å². The number of hydrogen-bond acceptors (Lipinski definition) is 6. The van der Waals surface area contributed by atoms with Gasteiger partial charge in [-0.05, 0) is 61.9 Å². The number of ketones is 1. The van der Waals surface area contributed by atoms with E-state index in [0.717, 1.165) is 0 Å². The number of nitrogens with zero attached hydrogens (tertiary/aromatic N) is 2. The molecule has 8 nitrogen and oxygen atoms in total. The van der Waals surface area contributed by atoms with E-state index in [1.54, 1.807) is 49.6 Å². The Labute approximate surface area is 206 Å². The standard InChI is InChI=1S/C27H25FN2O6/c1-15-24(25(31)18-6-8-19(34-3)9-7-18)20-10-12-23(35-4)29-26(20)30(15)14-17-5-11-21(28)22(13-17)36-16(2)27(32)33/h5-13,16H,14H2,1-4H3,(H,32,33)/t16-/m1/s1. The summed E-state index contributed by atoms with van der Waals surface area (Å²) in [5.74, 6) is -1.20. The van der Waals surface area contributed by atoms with Crippen LogP contribution in [-0.4, -0.2) is 46.7 Å². The highest BCUT2D eigenvalue weighted by Gasteiger charge is 2.23. The molecule has 0 unspecified atom stereocenters. The zero-order valence-corrected chi connectivity index (χ0v) is 20.2. The molecular weight excluding hydrogens is 467 g/mol. The van der Waals surface area contributed by atoms with Crippen LogP contribution in [0, 0.1) is 12.7 Å². The summed E-state index contributed by atoms with van der Waals surface area (Å²) in [6.45, 7) is 3.38. The molecule has 0 aliphatic carbocycles. The Hall–Kier alpha value is -4.40. The Morgan fingerprint density at radius 2 is 1.78 bits per heavy atom. The number of pyridine rings is 1. The number of rotatable bonds is 9. The smallest absolute Gasteiger partial charge is 0.344 e. The summed E-state index contributed by atoms with van der Waals surface area (Å²) in [5.41, 5.74) is 2.81. The number of carboxylic acid groups (broad SMARTS) is 1. The first-order valence-corrected chi connectivity index (χ1v) is 11.1. The molecule has 36 heavy (non-hydrogen) atoms. The highest BCUT2D eigenvalue weighted by molar-refractivity contribution is 6.17. The number of aliphatic carboxylic acids is 1. The first-order valence-electron chi connectivity index (χ1n) is 11.1. The third-order valence-corrected chi connectivity index (χ3v) is 5.92. The fraction of sp³-hybridized carbons (Fsp3) is 0.222. The van der Waals surface area contributed by atoms with Gasteiger partial charge in [0.25, 0.3) is 0 Å². The van der Waals surface area contributed by atoms with Gasteiger partial charge in [-0.15, -0.1) is 0 Å². The second-order valence-electron chi connectivity index (χ2n) is 8.19. The normalized spacial score (nSPS) is 11.8. The first kappa shape index (κ1) is 24.7. The van der Waals surface area contributed by atoms with E-state index >= 15 is 0 Å². The summed E-state index contributed by atoms with van der Waals surface area (Å²) in [6, 6.07) is 14.6. The van der Waals surface area contributed by atoms with E-state index in [1.165, 1.54) is 26.2 Å². The van der Waals surface area contributed by atoms with Crippen molar-refractivity contribution < 1.29 is 33.3 Å². The summed E-state index contributed by atoms with van der Waals surface area (Å²) in [4.78, 5) is 29.3. The third kappa shape index (κ3) is 4.72. The van der Waals surface area contributed by atoms with Gasteiger partial charge in [0.1, 0.15) is 11.4 Å². The van der Waals surface area contributed by atoms with Gasteiger partial charge in [0.15, 0.2) is 23.5 Å². The lowest BCUT2D eigenvalue weighted by atomic mass is 10.0. The van der Waals surface area contributed by atoms with Crippen molar-refractivity contribution >= 4 is 22.8 Å². The number of fused-ring (bicyclic) bond motifs is 1. The van der Waals surface area contributed by atoms with Crippen LogP contribution < -0.4 is 14.2 Å². The van der Waals surface area contributed by atoms with E-state index in [-0.39, 0.29) is 18.1 Å². The molecule has 9 heteroatoms. The van der Waals surface area contributed by atoms with Gasteiger partial charge in [0.05, 0.1) is 19.8 Å². The Morgan fingerprint density at radius 1 is 1.06 bits per heavy atom. The highest BCUT2D eigenvalue weighted by atomic mass is 19.1. The van der Waals surface area contributed by atoms with Gasteiger partial charge >= 0.3 is 5.97 Å². The number of carboxylic acids is 1. The maximum Gasteiger partial charge on any atom is 0.344 e. The van der Waals surface area contributed by atoms with Gasteiger partial charge in [-0.2, -0.15) is 4.98 Å². The lowest BCUT2D eigenvalue weighted by Gasteiger charge is -2.14. The maximum atomic E-state index is 14.3. The van der Waals surface area contributed by atoms with Crippen molar-refractivity contribution in [2.45, 2.75) is 26.5 Å². The van der Waals surface area contributed by atoms with Crippen molar-refractivity contribution in [2.24, 2.45) is 0 Å². The topological polar surface area (TPSA) is 99.9 Å². The molecule has 0 saturated heterocycles. The van der Waals surface area contributed by atoms with Crippen LogP contribution in [0.25, 0.3) is 11.0 Å². The van der Waals surface area contributed by atoms with Gasteiger partial charge in [-0.25, -0.2) is 9.18 Å². The fourth-order valence-electron chi connectivity index (χ4n) is 3.96. The van der Waals surface area contributed by atoms with Gasteiger partial charge in [0, 0.05) is 29.3 Å². The van der Waals surface area contributed by atoms with E-state index < -0.39 is 17.9 Å². The minimum absolute atomic E-state index is 0.170. The Bertz CT molecular complexity index is 1450. The predicted molar refractivity (Wildman–Crippen MR) is 131 cm³/mol. The average molecular weight is 493 g/mol. The molecule has 0 amide bonds. The fourth-order valence-corrected chi connectivity index (χ4v) is 3.96. The lowest BCUT2D eigenvalue weighted by Crippen LogP contribution is -2.23. The second kappa shape index (κ2) is 10.1. The number of aromatic nitrogens is 2. The Kier molecular flexibility index (Phi) is 6.91. The molecule has 0 aliphatic rings. The van der Waals surface area contributed by atoms with E-state index in [4.69, 9.17) is 19.3 Å². The molecule has 0 spiro atoms. The Balaban J connectivity index is 1.79. The molecule has 4 rings (SSSR count). The van der Waals surface area contributed by atoms with Crippen LogP contribution in [0.4, 0.5) is 4.39 Å². The quantitative estimate of drug-likeness (QED) is 0.340. The molecule has 0 bridgehead atoms. The van der Waals surface area contributed by atoms with Crippen molar-refractivity contribution in [1.29, 1.82) is 0 Å². The molecule has 0 aliphatic heterocycles. The van der Waals surface area contributed by atoms with E-state index in [2.05, 4.69) is 4.98 Å². The number of ether oxygens (including phenoxy) is 3. The van der Waals surface area contributed by atoms with Crippen molar-refractivity contribution in [1.82, 2.24) is 9.55 Å². The first-order chi connectivity index (χ1) is 17.2. The average Bonchev–Trinajstić information content (AvgIpc) is 3.15. The number of hydrogen-bond donors (Lipinski definition) is 1. The number of carbonyl (C=O) groups excluding carboxylic acids is 1. The summed E-state index contributed by atoms with van der Waals surface area (Å²) < 4.78 is 31.9. The SMILES string of the molecule is COc1ccc(C(=O)c2c(C)n(Cc3ccc(F)c(O[C@H](C)C(=O)O)c3)c3nc(OC)ccc23)cc1. The monoisotopic (exact) mass is 492 g/mol. The minimum atomic E-state index is -1.22. The molecular formula is C27H25FN2O6. The van der Waals surface area contributed by atoms with E-state index in [0.29, 0.717) is 45.0 Å². The predicted octanol–water partition coefficient (Wildman–Crippen LogP) is 4.63. The number of halogens is 1. The number of benzene rings is 2. The zero-order chi connectivity index (χ0) is 26.0. The van der Waals surface area contributed by atoms with Crippen LogP contribution >= 0.6 is 0 Å². The zero-order valence-electron chi connectivity index (χ0n) is 20.2. The van der Waals surface area contributed by atoms with Crippen molar-refractivity contribution in [3.8, 4) is 17.4 Å². The van der Waals surface area contributed by atoms with Gasteiger partial charge in [-0.1, -0.05) is 6.07 Å². The molecule has 2 aromatic heterocycles. The minimum Gasteiger partial charge on any atom is -0.497 e. The maximum absolute atomic E-state index is 14.3. The van der Waals surface area contributed by atoms with E-state index in [1.807, 2.05) is 11.5 Å². The summed E-state index contributed by atoms with van der Waals surface area (Å²) in [7, 11) is 3.06. The molecule has 2 aromatic carbocycles. The van der Waals surface area contributed by atoms with Crippen LogP contribution in [0.5, 0.6) is 17.4 Å². The highest BCUT2D eigenvalue weighted by Crippen LogP contribution is 2.31. The van der Waals surface area contributed by atoms with Gasteiger partial charge < -0.3 is 23.9 Å². The van der Waals surface area contributed by atoms with Gasteiger partial charge in [0.2, 0.25) is 5.88 Å². The molecule has 4 aromatic rings. The molecule has 186 valence electrons. The van der Waals surface area contributed by atoms with Crippen LogP contribution in [0.2, 0.25) is 0 Å². The molecule has 2 heterocycles. The van der Waals surface area contributed by atoms with Crippen LogP contribution in [-0.2, 0) is 11.3 Å². The Morgan fingerprint density at radius 3 is 2.42 bits per heavy atom. The van der Waals surface area contributed by atoms with Crippen LogP contribution in [0.3, 0.4) is 0 Å². The second-order valence-corrected chi connectivity index (χ2v) is 8.19. The summed E-state index contributed by atoms with van der Waals surface area (Å²) in [6.07, 6.45) is -1.22. The van der Waals surface area contributed by atoms with Crippen molar-refractivity contribution in [3.63, 3.8) is 0 Å². The van der Waals surface area contributed by atoms with Gasteiger partial charge in [-0.3, -0.25) is 4.79 Å². The van der Waals surface area contributed by atoms with Crippen LogP contribution in [0.15, 0.2) is 54.6 Å². The summed E-state index contributed by atoms with van der Waals surface area (Å²) in [5, 5.41) is 9.76. The summed E-state index contributed by atoms with van der Waals surface area (Å²) >= 11 is 0. The largest absolute Gasteiger partial charge is 0.497 e. The number of carbonyl (C=O) groups is 2. The van der Waals surface area contributed by atoms with Crippen molar-refractivity contribution in [2.75, 3.05) is 14.2 Å². The molecule has 1 atom stereocenters. The number of methoxy groups -OCH3 is 2. The molecule has 0 saturated carbocycles. The molecule has 0 fully saturated rings. The van der Waals surface area contributed by atoms with E-state index in [9.17, 15) is 14.0 Å². The lowest BCUT2D eigenvalue weighted by molar-refractivity contribution is -0.144. The molecule has 1 N–H and O–H groups in total. The molecule has 0 radical (unpaired) electrons.